The van der Waals surface area contributed by atoms with Crippen molar-refractivity contribution < 1.29 is 9.47 Å². The number of aliphatic imine (C=N–C) groups is 1. The molecule has 0 bridgehead atoms. The van der Waals surface area contributed by atoms with Crippen LogP contribution >= 0.6 is 11.6 Å². The molecular weight excluding hydrogens is 360 g/mol. The fourth-order valence-electron chi connectivity index (χ4n) is 3.38. The lowest BCUT2D eigenvalue weighted by Gasteiger charge is -2.26. The minimum Gasteiger partial charge on any atom is -0.497 e. The standard InChI is InChI=1S/C22H19ClN2O2/c1-26-20-10-8-17(9-11-20)22(14-27-21(24)25-22)18-6-2-4-15(12-18)16-5-3-7-19(23)13-16/h2-13H,14H2,1H3,(H2,24,25). The number of benzene rings is 3. The highest BCUT2D eigenvalue weighted by atomic mass is 35.5. The molecule has 1 aliphatic heterocycles. The van der Waals surface area contributed by atoms with Crippen LogP contribution in [0.3, 0.4) is 0 Å². The lowest BCUT2D eigenvalue weighted by atomic mass is 9.83. The Kier molecular flexibility index (Phi) is 4.50. The number of methoxy groups -OCH3 is 1. The largest absolute Gasteiger partial charge is 0.497 e. The van der Waals surface area contributed by atoms with Crippen molar-refractivity contribution >= 4 is 17.6 Å². The third-order valence-electron chi connectivity index (χ3n) is 4.80. The average molecular weight is 379 g/mol. The molecule has 27 heavy (non-hydrogen) atoms. The van der Waals surface area contributed by atoms with Crippen molar-refractivity contribution in [3.8, 4) is 16.9 Å². The first kappa shape index (κ1) is 17.4. The molecule has 1 atom stereocenters. The van der Waals surface area contributed by atoms with Gasteiger partial charge in [0.15, 0.2) is 5.54 Å². The number of nitrogens with two attached hydrogens (primary N) is 1. The zero-order valence-electron chi connectivity index (χ0n) is 14.9. The summed E-state index contributed by atoms with van der Waals surface area (Å²) < 4.78 is 10.8. The van der Waals surface area contributed by atoms with Gasteiger partial charge in [0, 0.05) is 5.02 Å². The molecule has 0 spiro atoms. The molecule has 0 amide bonds. The first-order valence-corrected chi connectivity index (χ1v) is 8.98. The highest BCUT2D eigenvalue weighted by Gasteiger charge is 2.40. The Morgan fingerprint density at radius 1 is 0.963 bits per heavy atom. The number of amidine groups is 1. The van der Waals surface area contributed by atoms with Crippen LogP contribution < -0.4 is 10.5 Å². The van der Waals surface area contributed by atoms with Crippen LogP contribution in [0, 0.1) is 0 Å². The van der Waals surface area contributed by atoms with Gasteiger partial charge in [-0.3, -0.25) is 0 Å². The van der Waals surface area contributed by atoms with Crippen LogP contribution in [-0.2, 0) is 10.3 Å². The third kappa shape index (κ3) is 3.24. The van der Waals surface area contributed by atoms with E-state index in [1.807, 2.05) is 60.7 Å². The second-order valence-corrected chi connectivity index (χ2v) is 6.86. The predicted molar refractivity (Wildman–Crippen MR) is 108 cm³/mol. The Morgan fingerprint density at radius 3 is 2.30 bits per heavy atom. The van der Waals surface area contributed by atoms with Crippen molar-refractivity contribution in [2.45, 2.75) is 5.54 Å². The summed E-state index contributed by atoms with van der Waals surface area (Å²) in [6.07, 6.45) is 0. The summed E-state index contributed by atoms with van der Waals surface area (Å²) in [5, 5.41) is 0.703. The van der Waals surface area contributed by atoms with Gasteiger partial charge in [-0.05, 0) is 52.6 Å². The summed E-state index contributed by atoms with van der Waals surface area (Å²) in [6, 6.07) is 24.0. The van der Waals surface area contributed by atoms with E-state index in [-0.39, 0.29) is 6.02 Å². The van der Waals surface area contributed by atoms with Crippen LogP contribution in [0.1, 0.15) is 11.1 Å². The lowest BCUT2D eigenvalue weighted by molar-refractivity contribution is 0.278. The molecule has 2 N–H and O–H groups in total. The van der Waals surface area contributed by atoms with E-state index in [0.29, 0.717) is 11.6 Å². The second kappa shape index (κ2) is 6.97. The van der Waals surface area contributed by atoms with Gasteiger partial charge in [0.1, 0.15) is 12.4 Å². The van der Waals surface area contributed by atoms with Crippen LogP contribution in [-0.4, -0.2) is 19.7 Å². The highest BCUT2D eigenvalue weighted by molar-refractivity contribution is 6.30. The Balaban J connectivity index is 1.83. The quantitative estimate of drug-likeness (QED) is 0.721. The maximum absolute atomic E-state index is 6.16. The number of halogens is 1. The molecule has 1 heterocycles. The normalized spacial score (nSPS) is 18.7. The topological polar surface area (TPSA) is 56.8 Å². The lowest BCUT2D eigenvalue weighted by Crippen LogP contribution is -2.27. The third-order valence-corrected chi connectivity index (χ3v) is 5.03. The van der Waals surface area contributed by atoms with E-state index in [9.17, 15) is 0 Å². The zero-order chi connectivity index (χ0) is 18.9. The van der Waals surface area contributed by atoms with E-state index in [2.05, 4.69) is 17.1 Å². The van der Waals surface area contributed by atoms with Crippen molar-refractivity contribution in [2.75, 3.05) is 13.7 Å². The highest BCUT2D eigenvalue weighted by Crippen LogP contribution is 2.39. The Labute approximate surface area is 163 Å². The summed E-state index contributed by atoms with van der Waals surface area (Å²) in [7, 11) is 1.65. The van der Waals surface area contributed by atoms with Gasteiger partial charge in [0.2, 0.25) is 0 Å². The van der Waals surface area contributed by atoms with Gasteiger partial charge in [-0.25, -0.2) is 4.99 Å². The Hall–Kier alpha value is -2.98. The number of ether oxygens (including phenoxy) is 2. The van der Waals surface area contributed by atoms with Crippen LogP contribution in [0.25, 0.3) is 11.1 Å². The zero-order valence-corrected chi connectivity index (χ0v) is 15.6. The predicted octanol–water partition coefficient (Wildman–Crippen LogP) is 4.60. The number of hydrogen-bond donors (Lipinski definition) is 1. The summed E-state index contributed by atoms with van der Waals surface area (Å²) in [5.74, 6) is 0.789. The molecule has 136 valence electrons. The minimum atomic E-state index is -0.690. The van der Waals surface area contributed by atoms with Gasteiger partial charge in [-0.15, -0.1) is 0 Å². The van der Waals surface area contributed by atoms with Gasteiger partial charge < -0.3 is 15.2 Å². The van der Waals surface area contributed by atoms with E-state index in [0.717, 1.165) is 28.0 Å². The molecule has 0 aromatic heterocycles. The number of nitrogens with zero attached hydrogens (tertiary/aromatic N) is 1. The van der Waals surface area contributed by atoms with Gasteiger partial charge in [-0.2, -0.15) is 0 Å². The van der Waals surface area contributed by atoms with E-state index in [1.54, 1.807) is 7.11 Å². The number of rotatable bonds is 4. The molecule has 0 fully saturated rings. The van der Waals surface area contributed by atoms with Crippen molar-refractivity contribution in [1.29, 1.82) is 0 Å². The summed E-state index contributed by atoms with van der Waals surface area (Å²) in [6.45, 7) is 0.351. The molecule has 5 heteroatoms. The molecule has 1 aliphatic rings. The first-order chi connectivity index (χ1) is 13.1. The van der Waals surface area contributed by atoms with Gasteiger partial charge in [0.05, 0.1) is 7.11 Å². The molecule has 0 radical (unpaired) electrons. The van der Waals surface area contributed by atoms with Crippen molar-refractivity contribution in [3.63, 3.8) is 0 Å². The van der Waals surface area contributed by atoms with Crippen molar-refractivity contribution in [1.82, 2.24) is 0 Å². The first-order valence-electron chi connectivity index (χ1n) is 8.60. The molecule has 4 nitrogen and oxygen atoms in total. The van der Waals surface area contributed by atoms with Crippen LogP contribution in [0.15, 0.2) is 77.8 Å². The second-order valence-electron chi connectivity index (χ2n) is 6.42. The average Bonchev–Trinajstić information content (AvgIpc) is 3.11. The Bertz CT molecular complexity index is 1000. The van der Waals surface area contributed by atoms with Gasteiger partial charge in [-0.1, -0.05) is 54.1 Å². The fourth-order valence-corrected chi connectivity index (χ4v) is 3.57. The SMILES string of the molecule is COc1ccc(C2(c3cccc(-c4cccc(Cl)c4)c3)COC(N)=N2)cc1. The monoisotopic (exact) mass is 378 g/mol. The van der Waals surface area contributed by atoms with Crippen LogP contribution in [0.2, 0.25) is 5.02 Å². The van der Waals surface area contributed by atoms with Crippen LogP contribution in [0.5, 0.6) is 5.75 Å². The molecular formula is C22H19ClN2O2. The smallest absolute Gasteiger partial charge is 0.283 e. The molecule has 0 saturated carbocycles. The Morgan fingerprint density at radius 2 is 1.67 bits per heavy atom. The summed E-state index contributed by atoms with van der Waals surface area (Å²) in [5.41, 5.74) is 9.31. The van der Waals surface area contributed by atoms with E-state index < -0.39 is 5.54 Å². The van der Waals surface area contributed by atoms with E-state index in [4.69, 9.17) is 26.8 Å². The maximum Gasteiger partial charge on any atom is 0.283 e. The molecule has 0 aliphatic carbocycles. The molecule has 4 rings (SSSR count). The van der Waals surface area contributed by atoms with Gasteiger partial charge in [0.25, 0.3) is 6.02 Å². The van der Waals surface area contributed by atoms with E-state index >= 15 is 0 Å². The number of hydrogen-bond acceptors (Lipinski definition) is 4. The molecule has 0 saturated heterocycles. The molecule has 3 aromatic rings. The van der Waals surface area contributed by atoms with E-state index in [1.165, 1.54) is 0 Å². The van der Waals surface area contributed by atoms with Gasteiger partial charge >= 0.3 is 0 Å². The van der Waals surface area contributed by atoms with Crippen LogP contribution in [0.4, 0.5) is 0 Å². The van der Waals surface area contributed by atoms with Crippen molar-refractivity contribution in [3.05, 3.63) is 88.9 Å². The fraction of sp³-hybridized carbons (Fsp3) is 0.136. The van der Waals surface area contributed by atoms with Crippen molar-refractivity contribution in [2.24, 2.45) is 10.7 Å². The maximum atomic E-state index is 6.16. The molecule has 3 aromatic carbocycles. The summed E-state index contributed by atoms with van der Waals surface area (Å²) >= 11 is 6.16. The summed E-state index contributed by atoms with van der Waals surface area (Å²) in [4.78, 5) is 4.67. The molecule has 1 unspecified atom stereocenters. The minimum absolute atomic E-state index is 0.193.